The van der Waals surface area contributed by atoms with Crippen molar-refractivity contribution in [3.8, 4) is 0 Å². The molecule has 0 saturated heterocycles. The van der Waals surface area contributed by atoms with Crippen molar-refractivity contribution < 1.29 is 68.3 Å². The summed E-state index contributed by atoms with van der Waals surface area (Å²) in [7, 11) is 0. The Morgan fingerprint density at radius 2 is 1.50 bits per heavy atom. The van der Waals surface area contributed by atoms with Gasteiger partial charge in [0.1, 0.15) is 0 Å². The van der Waals surface area contributed by atoms with Gasteiger partial charge in [-0.3, -0.25) is 0 Å². The molecule has 0 bridgehead atoms. The number of hydrogen-bond donors (Lipinski definition) is 3. The summed E-state index contributed by atoms with van der Waals surface area (Å²) >= 11 is 4.08. The van der Waals surface area contributed by atoms with Gasteiger partial charge in [-0.25, -0.2) is 0 Å². The Labute approximate surface area is 122 Å². The second-order valence-electron chi connectivity index (χ2n) is 1.45. The average molecular weight is 213 g/mol. The summed E-state index contributed by atoms with van der Waals surface area (Å²) in [6.07, 6.45) is 0. The van der Waals surface area contributed by atoms with Crippen LogP contribution in [0.4, 0.5) is 0 Å². The molecule has 4 N–H and O–H groups in total. The Balaban J connectivity index is -0.0000000615. The molecule has 0 aliphatic heterocycles. The minimum atomic E-state index is 0. The van der Waals surface area contributed by atoms with Gasteiger partial charge in [0.05, 0.1) is 0 Å². The molecule has 1 aromatic rings. The minimum absolute atomic E-state index is 0. The van der Waals surface area contributed by atoms with Crippen LogP contribution in [0.5, 0.6) is 0 Å². The van der Waals surface area contributed by atoms with Gasteiger partial charge in [0.15, 0.2) is 0 Å². The van der Waals surface area contributed by atoms with Crippen LogP contribution in [-0.4, -0.2) is 23.2 Å². The Hall–Kier alpha value is 1.15. The van der Waals surface area contributed by atoms with Gasteiger partial charge < -0.3 is 17.0 Å². The van der Waals surface area contributed by atoms with E-state index in [9.17, 15) is 0 Å². The predicted molar refractivity (Wildman–Crippen MR) is 48.6 cm³/mol. The van der Waals surface area contributed by atoms with Crippen LogP contribution < -0.4 is 51.4 Å². The van der Waals surface area contributed by atoms with Crippen LogP contribution in [0.25, 0.3) is 0 Å². The molecule has 0 aromatic heterocycles. The molecule has 12 heavy (non-hydrogen) atoms. The summed E-state index contributed by atoms with van der Waals surface area (Å²) in [5.74, 6) is 0. The number of hydrogen-bond acceptors (Lipinski definition) is 3. The van der Waals surface area contributed by atoms with E-state index in [1.807, 2.05) is 30.3 Å². The SMILES string of the molecule is O.O[B]O.Sc1ccccc1.[H-].[K+]. The summed E-state index contributed by atoms with van der Waals surface area (Å²) in [5.41, 5.74) is 0. The zero-order valence-electron chi connectivity index (χ0n) is 7.81. The molecule has 0 saturated carbocycles. The van der Waals surface area contributed by atoms with Gasteiger partial charge in [-0.05, 0) is 12.1 Å². The molecule has 6 heteroatoms. The van der Waals surface area contributed by atoms with Gasteiger partial charge in [0, 0.05) is 4.90 Å². The Kier molecular flexibility index (Phi) is 23.0. The molecule has 1 aromatic carbocycles. The predicted octanol–water partition coefficient (Wildman–Crippen LogP) is -3.23. The average Bonchev–Trinajstić information content (AvgIpc) is 1.91. The summed E-state index contributed by atoms with van der Waals surface area (Å²) in [6, 6.07) is 9.79. The van der Waals surface area contributed by atoms with Crippen molar-refractivity contribution in [3.05, 3.63) is 30.3 Å². The van der Waals surface area contributed by atoms with Gasteiger partial charge in [0.25, 0.3) is 0 Å². The van der Waals surface area contributed by atoms with E-state index in [1.165, 1.54) is 0 Å². The third-order valence-corrected chi connectivity index (χ3v) is 1.05. The first-order valence-corrected chi connectivity index (χ1v) is 3.10. The Bertz CT molecular complexity index is 169. The second-order valence-corrected chi connectivity index (χ2v) is 1.97. The fourth-order valence-electron chi connectivity index (χ4n) is 0.428. The largest absolute Gasteiger partial charge is 1.00 e. The molecule has 1 rings (SSSR count). The van der Waals surface area contributed by atoms with Gasteiger partial charge in [-0.15, -0.1) is 12.6 Å². The summed E-state index contributed by atoms with van der Waals surface area (Å²) < 4.78 is 0. The van der Waals surface area contributed by atoms with E-state index in [-0.39, 0.29) is 66.0 Å². The third kappa shape index (κ3) is 13.7. The van der Waals surface area contributed by atoms with E-state index in [2.05, 4.69) is 12.6 Å². The van der Waals surface area contributed by atoms with Crippen molar-refractivity contribution in [1.29, 1.82) is 0 Å². The van der Waals surface area contributed by atoms with Gasteiger partial charge in [-0.2, -0.15) is 0 Å². The van der Waals surface area contributed by atoms with Gasteiger partial charge in [0.2, 0.25) is 0 Å². The summed E-state index contributed by atoms with van der Waals surface area (Å²) in [4.78, 5) is 1.02. The third-order valence-electron chi connectivity index (χ3n) is 0.756. The van der Waals surface area contributed by atoms with Crippen molar-refractivity contribution in [3.63, 3.8) is 0 Å². The first-order chi connectivity index (χ1) is 4.81. The number of rotatable bonds is 0. The Morgan fingerprint density at radius 3 is 1.67 bits per heavy atom. The molecule has 0 atom stereocenters. The maximum Gasteiger partial charge on any atom is 1.00 e. The smallest absolute Gasteiger partial charge is 1.00 e. The summed E-state index contributed by atoms with van der Waals surface area (Å²) in [6.45, 7) is 0. The standard InChI is InChI=1S/C6H6S.BH2O2.K.H2O.H/c7-6-4-2-1-3-5-6;2-1-3;;;/h1-5,7H;2-3H;;1H2;/q;;+1;;-1. The summed E-state index contributed by atoms with van der Waals surface area (Å²) in [5, 5.41) is 14.0. The van der Waals surface area contributed by atoms with Crippen LogP contribution in [0, 0.1) is 0 Å². The van der Waals surface area contributed by atoms with E-state index in [1.54, 1.807) is 0 Å². The molecule has 1 radical (unpaired) electrons. The topological polar surface area (TPSA) is 72.0 Å². The number of benzene rings is 1. The van der Waals surface area contributed by atoms with Crippen molar-refractivity contribution in [2.75, 3.05) is 0 Å². The van der Waals surface area contributed by atoms with Crippen molar-refractivity contribution in [2.24, 2.45) is 0 Å². The first-order valence-electron chi connectivity index (χ1n) is 2.65. The Morgan fingerprint density at radius 1 is 1.17 bits per heavy atom. The quantitative estimate of drug-likeness (QED) is 0.313. The van der Waals surface area contributed by atoms with E-state index < -0.39 is 0 Å². The van der Waals surface area contributed by atoms with Gasteiger partial charge >= 0.3 is 59.1 Å². The van der Waals surface area contributed by atoms with Crippen molar-refractivity contribution in [1.82, 2.24) is 0 Å². The van der Waals surface area contributed by atoms with Crippen LogP contribution in [0.2, 0.25) is 0 Å². The zero-order chi connectivity index (χ0) is 7.82. The van der Waals surface area contributed by atoms with E-state index in [0.29, 0.717) is 0 Å². The molecule has 0 aliphatic rings. The fraction of sp³-hybridized carbons (Fsp3) is 0. The maximum absolute atomic E-state index is 7.00. The van der Waals surface area contributed by atoms with Crippen LogP contribution in [-0.2, 0) is 0 Å². The molecular formula is C6H11BKO3S. The molecule has 0 heterocycles. The monoisotopic (exact) mass is 213 g/mol. The van der Waals surface area contributed by atoms with Gasteiger partial charge in [-0.1, -0.05) is 18.2 Å². The normalized spacial score (nSPS) is 6.25. The van der Waals surface area contributed by atoms with E-state index >= 15 is 0 Å². The molecule has 3 nitrogen and oxygen atoms in total. The maximum atomic E-state index is 7.00. The fourth-order valence-corrected chi connectivity index (χ4v) is 0.600. The number of thiol groups is 1. The molecule has 0 fully saturated rings. The molecule has 0 unspecified atom stereocenters. The van der Waals surface area contributed by atoms with Crippen LogP contribution in [0.1, 0.15) is 1.43 Å². The molecule has 0 amide bonds. The second kappa shape index (κ2) is 14.7. The van der Waals surface area contributed by atoms with Crippen molar-refractivity contribution >= 4 is 20.3 Å². The minimum Gasteiger partial charge on any atom is -1.00 e. The van der Waals surface area contributed by atoms with Crippen LogP contribution in [0.3, 0.4) is 0 Å². The van der Waals surface area contributed by atoms with Crippen LogP contribution in [0.15, 0.2) is 35.2 Å². The molecule has 63 valence electrons. The van der Waals surface area contributed by atoms with Crippen LogP contribution >= 0.6 is 12.6 Å². The zero-order valence-corrected chi connectivity index (χ0v) is 10.8. The van der Waals surface area contributed by atoms with E-state index in [0.717, 1.165) is 4.90 Å². The first kappa shape index (κ1) is 18.8. The van der Waals surface area contributed by atoms with E-state index in [4.69, 9.17) is 10.0 Å². The van der Waals surface area contributed by atoms with Crippen molar-refractivity contribution in [2.45, 2.75) is 4.90 Å². The molecular weight excluding hydrogens is 202 g/mol. The molecule has 0 aliphatic carbocycles. The molecule has 0 spiro atoms.